The predicted octanol–water partition coefficient (Wildman–Crippen LogP) is 2.29. The molecule has 1 N–H and O–H groups in total. The van der Waals surface area contributed by atoms with Gasteiger partial charge in [0.25, 0.3) is 0 Å². The van der Waals surface area contributed by atoms with E-state index in [-0.39, 0.29) is 0 Å². The summed E-state index contributed by atoms with van der Waals surface area (Å²) in [5, 5.41) is 10.1. The molecule has 0 bridgehead atoms. The molecule has 4 heteroatoms. The number of benzene rings is 1. The van der Waals surface area contributed by atoms with Crippen LogP contribution in [0.25, 0.3) is 0 Å². The van der Waals surface area contributed by atoms with Gasteiger partial charge in [0.05, 0.1) is 20.3 Å². The van der Waals surface area contributed by atoms with E-state index in [9.17, 15) is 5.11 Å². The van der Waals surface area contributed by atoms with Crippen LogP contribution in [-0.2, 0) is 5.75 Å². The summed E-state index contributed by atoms with van der Waals surface area (Å²) in [4.78, 5) is 0. The van der Waals surface area contributed by atoms with Crippen LogP contribution in [0.3, 0.4) is 0 Å². The van der Waals surface area contributed by atoms with E-state index in [1.165, 1.54) is 5.56 Å². The van der Waals surface area contributed by atoms with Gasteiger partial charge in [-0.1, -0.05) is 0 Å². The maximum Gasteiger partial charge on any atom is 0.166 e. The van der Waals surface area contributed by atoms with E-state index in [0.29, 0.717) is 11.5 Å². The second kappa shape index (κ2) is 4.55. The number of hydrogen-bond acceptors (Lipinski definition) is 4. The third-order valence-electron chi connectivity index (χ3n) is 2.90. The molecule has 0 fully saturated rings. The molecule has 2 rings (SSSR count). The zero-order valence-corrected chi connectivity index (χ0v) is 10.6. The quantitative estimate of drug-likeness (QED) is 0.861. The summed E-state index contributed by atoms with van der Waals surface area (Å²) in [7, 11) is 3.23. The van der Waals surface area contributed by atoms with Crippen LogP contribution in [-0.4, -0.2) is 25.1 Å². The van der Waals surface area contributed by atoms with E-state index in [1.54, 1.807) is 26.0 Å². The van der Waals surface area contributed by atoms with Crippen molar-refractivity contribution in [1.82, 2.24) is 0 Å². The maximum atomic E-state index is 10.1. The Morgan fingerprint density at radius 1 is 1.38 bits per heavy atom. The molecule has 88 valence electrons. The Bertz CT molecular complexity index is 404. The summed E-state index contributed by atoms with van der Waals surface area (Å²) in [6, 6.07) is 1.97. The normalized spacial score (nSPS) is 19.1. The molecule has 0 saturated heterocycles. The second-order valence-electron chi connectivity index (χ2n) is 3.85. The van der Waals surface area contributed by atoms with Gasteiger partial charge in [0.1, 0.15) is 0 Å². The minimum Gasteiger partial charge on any atom is -0.493 e. The van der Waals surface area contributed by atoms with Crippen molar-refractivity contribution < 1.29 is 14.6 Å². The van der Waals surface area contributed by atoms with E-state index in [2.05, 4.69) is 0 Å². The molecular weight excluding hydrogens is 224 g/mol. The number of thioether (sulfide) groups is 1. The highest BCUT2D eigenvalue weighted by molar-refractivity contribution is 7.98. The van der Waals surface area contributed by atoms with Gasteiger partial charge in [-0.3, -0.25) is 0 Å². The fraction of sp³-hybridized carbons (Fsp3) is 0.500. The summed E-state index contributed by atoms with van der Waals surface area (Å²) < 4.78 is 10.7. The molecular formula is C12H16O3S. The molecule has 0 aliphatic carbocycles. The molecule has 1 heterocycles. The molecule has 1 aliphatic heterocycles. The highest BCUT2D eigenvalue weighted by Crippen LogP contribution is 2.44. The van der Waals surface area contributed by atoms with Crippen LogP contribution >= 0.6 is 11.8 Å². The van der Waals surface area contributed by atoms with E-state index >= 15 is 0 Å². The first kappa shape index (κ1) is 11.6. The van der Waals surface area contributed by atoms with Crippen LogP contribution in [0.4, 0.5) is 0 Å². The standard InChI is InChI=1S/C12H16O3S/c1-7-4-10(14-2)12(15-3)11-8(7)5-16-6-9(11)13/h4,9,13H,5-6H2,1-3H3/t9-/m0/s1. The van der Waals surface area contributed by atoms with Gasteiger partial charge >= 0.3 is 0 Å². The van der Waals surface area contributed by atoms with Gasteiger partial charge in [0, 0.05) is 17.1 Å². The highest BCUT2D eigenvalue weighted by atomic mass is 32.2. The number of ether oxygens (including phenoxy) is 2. The number of aliphatic hydroxyl groups excluding tert-OH is 1. The largest absolute Gasteiger partial charge is 0.493 e. The minimum atomic E-state index is -0.461. The Labute approximate surface area is 99.8 Å². The lowest BCUT2D eigenvalue weighted by atomic mass is 9.97. The monoisotopic (exact) mass is 240 g/mol. The number of aryl methyl sites for hydroxylation is 1. The molecule has 16 heavy (non-hydrogen) atoms. The Morgan fingerprint density at radius 3 is 2.75 bits per heavy atom. The summed E-state index contributed by atoms with van der Waals surface area (Å²) >= 11 is 1.75. The Balaban J connectivity index is 2.65. The van der Waals surface area contributed by atoms with Crippen LogP contribution < -0.4 is 9.47 Å². The van der Waals surface area contributed by atoms with Crippen molar-refractivity contribution in [3.05, 3.63) is 22.8 Å². The summed E-state index contributed by atoms with van der Waals surface area (Å²) in [6.45, 7) is 2.04. The molecule has 1 aliphatic rings. The van der Waals surface area contributed by atoms with Gasteiger partial charge < -0.3 is 14.6 Å². The highest BCUT2D eigenvalue weighted by Gasteiger charge is 2.26. The molecule has 0 saturated carbocycles. The molecule has 0 radical (unpaired) electrons. The van der Waals surface area contributed by atoms with Crippen LogP contribution in [0, 0.1) is 6.92 Å². The Kier molecular flexibility index (Phi) is 3.30. The smallest absolute Gasteiger partial charge is 0.166 e. The van der Waals surface area contributed by atoms with Gasteiger partial charge in [0.2, 0.25) is 0 Å². The molecule has 1 atom stereocenters. The maximum absolute atomic E-state index is 10.1. The van der Waals surface area contributed by atoms with Crippen molar-refractivity contribution in [2.45, 2.75) is 18.8 Å². The predicted molar refractivity (Wildman–Crippen MR) is 65.4 cm³/mol. The number of fused-ring (bicyclic) bond motifs is 1. The van der Waals surface area contributed by atoms with Crippen molar-refractivity contribution in [2.24, 2.45) is 0 Å². The van der Waals surface area contributed by atoms with E-state index in [4.69, 9.17) is 9.47 Å². The first-order valence-electron chi connectivity index (χ1n) is 5.19. The van der Waals surface area contributed by atoms with Crippen molar-refractivity contribution in [3.8, 4) is 11.5 Å². The van der Waals surface area contributed by atoms with E-state index in [0.717, 1.165) is 22.6 Å². The van der Waals surface area contributed by atoms with Crippen LogP contribution in [0.15, 0.2) is 6.07 Å². The molecule has 0 spiro atoms. The van der Waals surface area contributed by atoms with Crippen LogP contribution in [0.1, 0.15) is 22.8 Å². The summed E-state index contributed by atoms with van der Waals surface area (Å²) in [5.74, 6) is 3.02. The molecule has 1 aromatic carbocycles. The van der Waals surface area contributed by atoms with E-state index in [1.807, 2.05) is 13.0 Å². The SMILES string of the molecule is COc1cc(C)c2c(c1OC)[C@@H](O)CSC2. The lowest BCUT2D eigenvalue weighted by Gasteiger charge is -2.26. The molecule has 0 unspecified atom stereocenters. The van der Waals surface area contributed by atoms with Crippen molar-refractivity contribution in [2.75, 3.05) is 20.0 Å². The van der Waals surface area contributed by atoms with Crippen molar-refractivity contribution in [3.63, 3.8) is 0 Å². The van der Waals surface area contributed by atoms with Crippen LogP contribution in [0.2, 0.25) is 0 Å². The van der Waals surface area contributed by atoms with Gasteiger partial charge in [-0.25, -0.2) is 0 Å². The van der Waals surface area contributed by atoms with Gasteiger partial charge in [0.15, 0.2) is 11.5 Å². The average molecular weight is 240 g/mol. The fourth-order valence-corrected chi connectivity index (χ4v) is 3.19. The van der Waals surface area contributed by atoms with Gasteiger partial charge in [-0.05, 0) is 24.1 Å². The Hall–Kier alpha value is -0.870. The average Bonchev–Trinajstić information content (AvgIpc) is 2.29. The molecule has 3 nitrogen and oxygen atoms in total. The summed E-state index contributed by atoms with van der Waals surface area (Å²) in [5.41, 5.74) is 3.23. The molecule has 1 aromatic rings. The number of rotatable bonds is 2. The topological polar surface area (TPSA) is 38.7 Å². The third-order valence-corrected chi connectivity index (χ3v) is 3.94. The molecule has 0 amide bonds. The first-order valence-corrected chi connectivity index (χ1v) is 6.34. The number of methoxy groups -OCH3 is 2. The lowest BCUT2D eigenvalue weighted by molar-refractivity contribution is 0.195. The zero-order chi connectivity index (χ0) is 11.7. The van der Waals surface area contributed by atoms with Crippen LogP contribution in [0.5, 0.6) is 11.5 Å². The number of aliphatic hydroxyl groups is 1. The number of hydrogen-bond donors (Lipinski definition) is 1. The zero-order valence-electron chi connectivity index (χ0n) is 9.74. The third kappa shape index (κ3) is 1.76. The molecule has 0 aromatic heterocycles. The lowest BCUT2D eigenvalue weighted by Crippen LogP contribution is -2.13. The van der Waals surface area contributed by atoms with Gasteiger partial charge in [-0.2, -0.15) is 11.8 Å². The van der Waals surface area contributed by atoms with E-state index < -0.39 is 6.10 Å². The second-order valence-corrected chi connectivity index (χ2v) is 4.88. The van der Waals surface area contributed by atoms with Crippen molar-refractivity contribution in [1.29, 1.82) is 0 Å². The first-order chi connectivity index (χ1) is 7.69. The fourth-order valence-electron chi connectivity index (χ4n) is 2.09. The Morgan fingerprint density at radius 2 is 2.12 bits per heavy atom. The van der Waals surface area contributed by atoms with Gasteiger partial charge in [-0.15, -0.1) is 0 Å². The minimum absolute atomic E-state index is 0.461. The summed E-state index contributed by atoms with van der Waals surface area (Å²) in [6.07, 6.45) is -0.461. The van der Waals surface area contributed by atoms with Crippen molar-refractivity contribution >= 4 is 11.8 Å².